The first kappa shape index (κ1) is 9.71. The Morgan fingerprint density at radius 3 is 2.86 bits per heavy atom. The second kappa shape index (κ2) is 4.13. The van der Waals surface area contributed by atoms with Gasteiger partial charge in [0.2, 0.25) is 0 Å². The van der Waals surface area contributed by atoms with Gasteiger partial charge in [0.1, 0.15) is 6.10 Å². The summed E-state index contributed by atoms with van der Waals surface area (Å²) in [4.78, 5) is 11.1. The first-order valence-electron chi connectivity index (χ1n) is 4.71. The van der Waals surface area contributed by atoms with Gasteiger partial charge in [-0.2, -0.15) is 0 Å². The van der Waals surface area contributed by atoms with Crippen molar-refractivity contribution < 1.29 is 9.53 Å². The minimum atomic E-state index is -0.0861. The topological polar surface area (TPSA) is 26.3 Å². The van der Waals surface area contributed by atoms with Crippen LogP contribution in [-0.2, 0) is 9.53 Å². The molecule has 2 rings (SSSR count). The third-order valence-electron chi connectivity index (χ3n) is 2.37. The summed E-state index contributed by atoms with van der Waals surface area (Å²) in [5.74, 6) is -0.0861. The van der Waals surface area contributed by atoms with E-state index in [9.17, 15) is 4.79 Å². The second-order valence-electron chi connectivity index (χ2n) is 3.39. The van der Waals surface area contributed by atoms with Crippen LogP contribution in [0.3, 0.4) is 0 Å². The van der Waals surface area contributed by atoms with Gasteiger partial charge in [0.05, 0.1) is 0 Å². The Morgan fingerprint density at radius 1 is 1.36 bits per heavy atom. The molecule has 1 aromatic carbocycles. The zero-order valence-corrected chi connectivity index (χ0v) is 9.29. The third-order valence-corrected chi connectivity index (χ3v) is 3.10. The van der Waals surface area contributed by atoms with E-state index in [1.54, 1.807) is 0 Å². The molecule has 0 radical (unpaired) electrons. The van der Waals surface area contributed by atoms with Crippen LogP contribution in [0.2, 0.25) is 0 Å². The lowest BCUT2D eigenvalue weighted by atomic mass is 10.0. The number of cyclic esters (lactones) is 1. The average molecular weight is 255 g/mol. The largest absolute Gasteiger partial charge is 0.457 e. The molecular formula is C11H11BrO2. The van der Waals surface area contributed by atoms with E-state index in [1.807, 2.05) is 24.3 Å². The highest BCUT2D eigenvalue weighted by atomic mass is 79.9. The number of ether oxygens (including phenoxy) is 1. The second-order valence-corrected chi connectivity index (χ2v) is 4.25. The average Bonchev–Trinajstić information content (AvgIpc) is 2.18. The van der Waals surface area contributed by atoms with Crippen molar-refractivity contribution in [2.24, 2.45) is 0 Å². The Hall–Kier alpha value is -0.830. The molecule has 2 nitrogen and oxygen atoms in total. The predicted octanol–water partition coefficient (Wildman–Crippen LogP) is 3.22. The van der Waals surface area contributed by atoms with Gasteiger partial charge in [0, 0.05) is 16.5 Å². The zero-order chi connectivity index (χ0) is 9.97. The van der Waals surface area contributed by atoms with Crippen molar-refractivity contribution in [1.82, 2.24) is 0 Å². The van der Waals surface area contributed by atoms with E-state index in [1.165, 1.54) is 0 Å². The molecule has 0 N–H and O–H groups in total. The van der Waals surface area contributed by atoms with Crippen molar-refractivity contribution >= 4 is 21.9 Å². The highest BCUT2D eigenvalue weighted by molar-refractivity contribution is 9.10. The highest BCUT2D eigenvalue weighted by Crippen LogP contribution is 2.32. The fourth-order valence-electron chi connectivity index (χ4n) is 1.66. The minimum Gasteiger partial charge on any atom is -0.457 e. The van der Waals surface area contributed by atoms with E-state index in [4.69, 9.17) is 4.74 Å². The van der Waals surface area contributed by atoms with Crippen LogP contribution >= 0.6 is 15.9 Å². The van der Waals surface area contributed by atoms with Crippen LogP contribution in [0.4, 0.5) is 0 Å². The molecule has 1 saturated heterocycles. The summed E-state index contributed by atoms with van der Waals surface area (Å²) in [6, 6.07) is 7.88. The molecule has 0 amide bonds. The number of carbonyl (C=O) groups excluding carboxylic acids is 1. The van der Waals surface area contributed by atoms with Crippen LogP contribution in [0.5, 0.6) is 0 Å². The molecule has 0 aromatic heterocycles. The maximum Gasteiger partial charge on any atom is 0.306 e. The Bertz CT molecular complexity index is 349. The van der Waals surface area contributed by atoms with Crippen LogP contribution in [0, 0.1) is 0 Å². The summed E-state index contributed by atoms with van der Waals surface area (Å²) in [5.41, 5.74) is 1.07. The van der Waals surface area contributed by atoms with E-state index in [0.29, 0.717) is 6.42 Å². The zero-order valence-electron chi connectivity index (χ0n) is 7.70. The van der Waals surface area contributed by atoms with E-state index in [0.717, 1.165) is 22.9 Å². The monoisotopic (exact) mass is 254 g/mol. The Morgan fingerprint density at radius 2 is 2.14 bits per heavy atom. The lowest BCUT2D eigenvalue weighted by Gasteiger charge is -2.23. The number of halogens is 1. The minimum absolute atomic E-state index is 0.0631. The third kappa shape index (κ3) is 1.98. The van der Waals surface area contributed by atoms with Crippen LogP contribution in [0.1, 0.15) is 30.9 Å². The van der Waals surface area contributed by atoms with Gasteiger partial charge in [-0.05, 0) is 18.9 Å². The molecule has 3 heteroatoms. The number of esters is 1. The molecule has 74 valence electrons. The Kier molecular flexibility index (Phi) is 2.87. The van der Waals surface area contributed by atoms with Crippen LogP contribution in [-0.4, -0.2) is 5.97 Å². The summed E-state index contributed by atoms with van der Waals surface area (Å²) in [6.45, 7) is 0. The van der Waals surface area contributed by atoms with Gasteiger partial charge in [-0.15, -0.1) is 0 Å². The number of benzene rings is 1. The Balaban J connectivity index is 2.22. The lowest BCUT2D eigenvalue weighted by molar-refractivity contribution is -0.154. The maximum atomic E-state index is 11.1. The molecule has 1 aromatic rings. The predicted molar refractivity (Wildman–Crippen MR) is 56.8 cm³/mol. The van der Waals surface area contributed by atoms with E-state index in [2.05, 4.69) is 15.9 Å². The van der Waals surface area contributed by atoms with Crippen LogP contribution < -0.4 is 0 Å². The van der Waals surface area contributed by atoms with Gasteiger partial charge in [-0.1, -0.05) is 34.1 Å². The summed E-state index contributed by atoms with van der Waals surface area (Å²) in [5, 5.41) is 0. The highest BCUT2D eigenvalue weighted by Gasteiger charge is 2.23. The summed E-state index contributed by atoms with van der Waals surface area (Å²) < 4.78 is 6.30. The van der Waals surface area contributed by atoms with E-state index < -0.39 is 0 Å². The molecule has 0 aliphatic carbocycles. The van der Waals surface area contributed by atoms with E-state index in [-0.39, 0.29) is 12.1 Å². The van der Waals surface area contributed by atoms with Gasteiger partial charge in [-0.3, -0.25) is 4.79 Å². The van der Waals surface area contributed by atoms with Gasteiger partial charge in [0.25, 0.3) is 0 Å². The molecular weight excluding hydrogens is 244 g/mol. The standard InChI is InChI=1S/C11H11BrO2/c12-9-5-2-1-4-8(9)10-6-3-7-11(13)14-10/h1-2,4-5,10H,3,6-7H2. The summed E-state index contributed by atoms with van der Waals surface area (Å²) in [7, 11) is 0. The molecule has 1 aliphatic heterocycles. The maximum absolute atomic E-state index is 11.1. The number of hydrogen-bond acceptors (Lipinski definition) is 2. The molecule has 1 heterocycles. The van der Waals surface area contributed by atoms with Crippen LogP contribution in [0.25, 0.3) is 0 Å². The van der Waals surface area contributed by atoms with Crippen molar-refractivity contribution in [3.8, 4) is 0 Å². The van der Waals surface area contributed by atoms with Crippen molar-refractivity contribution in [3.05, 3.63) is 34.3 Å². The molecule has 1 atom stereocenters. The fraction of sp³-hybridized carbons (Fsp3) is 0.364. The fourth-order valence-corrected chi connectivity index (χ4v) is 2.20. The number of carbonyl (C=O) groups is 1. The number of rotatable bonds is 1. The molecule has 0 saturated carbocycles. The van der Waals surface area contributed by atoms with Crippen LogP contribution in [0.15, 0.2) is 28.7 Å². The molecule has 1 fully saturated rings. The normalized spacial score (nSPS) is 21.8. The first-order valence-corrected chi connectivity index (χ1v) is 5.50. The van der Waals surface area contributed by atoms with Crippen molar-refractivity contribution in [1.29, 1.82) is 0 Å². The van der Waals surface area contributed by atoms with Crippen molar-refractivity contribution in [2.75, 3.05) is 0 Å². The quantitative estimate of drug-likeness (QED) is 0.720. The van der Waals surface area contributed by atoms with Gasteiger partial charge < -0.3 is 4.74 Å². The summed E-state index contributed by atoms with van der Waals surface area (Å²) in [6.07, 6.45) is 2.34. The smallest absolute Gasteiger partial charge is 0.306 e. The van der Waals surface area contributed by atoms with Crippen molar-refractivity contribution in [2.45, 2.75) is 25.4 Å². The molecule has 0 bridgehead atoms. The van der Waals surface area contributed by atoms with E-state index >= 15 is 0 Å². The molecule has 1 aliphatic rings. The summed E-state index contributed by atoms with van der Waals surface area (Å²) >= 11 is 3.46. The number of hydrogen-bond donors (Lipinski definition) is 0. The molecule has 14 heavy (non-hydrogen) atoms. The molecule has 0 spiro atoms. The Labute approximate surface area is 91.4 Å². The van der Waals surface area contributed by atoms with Gasteiger partial charge >= 0.3 is 5.97 Å². The first-order chi connectivity index (χ1) is 6.77. The van der Waals surface area contributed by atoms with Crippen molar-refractivity contribution in [3.63, 3.8) is 0 Å². The molecule has 1 unspecified atom stereocenters. The van der Waals surface area contributed by atoms with Gasteiger partial charge in [-0.25, -0.2) is 0 Å². The van der Waals surface area contributed by atoms with Gasteiger partial charge in [0.15, 0.2) is 0 Å². The lowest BCUT2D eigenvalue weighted by Crippen LogP contribution is -2.17. The SMILES string of the molecule is O=C1CCCC(c2ccccc2Br)O1.